The Morgan fingerprint density at radius 1 is 1.50 bits per heavy atom. The van der Waals surface area contributed by atoms with Gasteiger partial charge in [-0.25, -0.2) is 4.18 Å². The smallest absolute Gasteiger partial charge is 0.397 e. The Morgan fingerprint density at radius 3 is 2.70 bits per heavy atom. The van der Waals surface area contributed by atoms with Gasteiger partial charge in [0.15, 0.2) is 0 Å². The summed E-state index contributed by atoms with van der Waals surface area (Å²) in [5, 5.41) is 8.79. The fourth-order valence-electron chi connectivity index (χ4n) is 2.72. The highest BCUT2D eigenvalue weighted by atomic mass is 32.3. The molecule has 3 atom stereocenters. The van der Waals surface area contributed by atoms with E-state index in [0.29, 0.717) is 32.1 Å². The zero-order chi connectivity index (χ0) is 15.3. The first-order valence-corrected chi connectivity index (χ1v) is 7.95. The lowest BCUT2D eigenvalue weighted by Crippen LogP contribution is -2.19. The zero-order valence-electron chi connectivity index (χ0n) is 11.3. The molecule has 0 heterocycles. The van der Waals surface area contributed by atoms with Crippen molar-refractivity contribution >= 4 is 22.2 Å². The van der Waals surface area contributed by atoms with Gasteiger partial charge in [0.2, 0.25) is 0 Å². The van der Waals surface area contributed by atoms with Crippen LogP contribution in [0, 0.1) is 11.8 Å². The van der Waals surface area contributed by atoms with Crippen molar-refractivity contribution in [1.82, 2.24) is 0 Å². The van der Waals surface area contributed by atoms with E-state index in [-0.39, 0.29) is 24.0 Å². The molecule has 1 aliphatic carbocycles. The molecule has 1 rings (SSSR count). The van der Waals surface area contributed by atoms with E-state index in [1.54, 1.807) is 0 Å². The first-order valence-electron chi connectivity index (χ1n) is 6.59. The third kappa shape index (κ3) is 5.98. The van der Waals surface area contributed by atoms with Crippen molar-refractivity contribution in [2.45, 2.75) is 51.6 Å². The molecular formula is C12H20O7S. The van der Waals surface area contributed by atoms with Gasteiger partial charge < -0.3 is 5.11 Å². The van der Waals surface area contributed by atoms with Gasteiger partial charge in [-0.15, -0.1) is 0 Å². The van der Waals surface area contributed by atoms with Crippen LogP contribution in [0.25, 0.3) is 0 Å². The number of carbonyl (C=O) groups is 2. The number of carbonyl (C=O) groups excluding carboxylic acids is 1. The standard InChI is InChI=1S/C12H20O7S/c1-8(19-20(16,17)18)3-2-4-10-9(7-12(14)15)5-6-11(10)13/h8-10H,2-7H2,1H3,(H,14,15)(H,16,17,18)/t8?,9-,10-/m1/s1. The van der Waals surface area contributed by atoms with Crippen LogP contribution in [-0.4, -0.2) is 35.9 Å². The summed E-state index contributed by atoms with van der Waals surface area (Å²) in [5.41, 5.74) is 0. The second kappa shape index (κ2) is 7.14. The molecular weight excluding hydrogens is 288 g/mol. The molecule has 0 aromatic carbocycles. The molecule has 0 spiro atoms. The second-order valence-electron chi connectivity index (χ2n) is 5.23. The number of aliphatic carboxylic acids is 1. The van der Waals surface area contributed by atoms with Crippen LogP contribution in [0.4, 0.5) is 0 Å². The Bertz CT molecular complexity index is 456. The monoisotopic (exact) mass is 308 g/mol. The summed E-state index contributed by atoms with van der Waals surface area (Å²) in [6.45, 7) is 1.51. The minimum absolute atomic E-state index is 0.00647. The maximum Gasteiger partial charge on any atom is 0.397 e. The topological polar surface area (TPSA) is 118 Å². The molecule has 0 aromatic heterocycles. The molecule has 2 N–H and O–H groups in total. The minimum atomic E-state index is -4.45. The van der Waals surface area contributed by atoms with Crippen LogP contribution in [0.5, 0.6) is 0 Å². The van der Waals surface area contributed by atoms with Crippen molar-refractivity contribution in [3.63, 3.8) is 0 Å². The number of carboxylic acids is 1. The number of Topliss-reactive ketones (excluding diaryl/α,β-unsaturated/α-hetero) is 1. The summed E-state index contributed by atoms with van der Waals surface area (Å²) in [6.07, 6.45) is 1.79. The summed E-state index contributed by atoms with van der Waals surface area (Å²) in [5.74, 6) is -1.21. The Labute approximate surface area is 118 Å². The maximum atomic E-state index is 11.7. The average molecular weight is 308 g/mol. The Morgan fingerprint density at radius 2 is 2.15 bits per heavy atom. The van der Waals surface area contributed by atoms with Crippen LogP contribution in [0.15, 0.2) is 0 Å². The van der Waals surface area contributed by atoms with Crippen molar-refractivity contribution in [2.75, 3.05) is 0 Å². The van der Waals surface area contributed by atoms with Crippen molar-refractivity contribution in [3.05, 3.63) is 0 Å². The van der Waals surface area contributed by atoms with Crippen molar-refractivity contribution < 1.29 is 31.8 Å². The summed E-state index contributed by atoms with van der Waals surface area (Å²) in [7, 11) is -4.45. The van der Waals surface area contributed by atoms with Crippen LogP contribution in [0.1, 0.15) is 45.4 Å². The first-order chi connectivity index (χ1) is 9.19. The van der Waals surface area contributed by atoms with E-state index in [1.807, 2.05) is 0 Å². The molecule has 0 radical (unpaired) electrons. The summed E-state index contributed by atoms with van der Waals surface area (Å²) in [4.78, 5) is 22.4. The highest BCUT2D eigenvalue weighted by Crippen LogP contribution is 2.35. The van der Waals surface area contributed by atoms with Crippen LogP contribution >= 0.6 is 0 Å². The van der Waals surface area contributed by atoms with Crippen LogP contribution in [0.3, 0.4) is 0 Å². The highest BCUT2D eigenvalue weighted by Gasteiger charge is 2.35. The van der Waals surface area contributed by atoms with Gasteiger partial charge in [0.1, 0.15) is 5.78 Å². The maximum absolute atomic E-state index is 11.7. The molecule has 0 bridgehead atoms. The molecule has 1 unspecified atom stereocenters. The Kier molecular flexibility index (Phi) is 6.09. The third-order valence-corrected chi connectivity index (χ3v) is 4.16. The average Bonchev–Trinajstić information content (AvgIpc) is 2.58. The molecule has 7 nitrogen and oxygen atoms in total. The molecule has 0 aromatic rings. The first kappa shape index (κ1) is 17.1. The lowest BCUT2D eigenvalue weighted by molar-refractivity contribution is -0.138. The van der Waals surface area contributed by atoms with Crippen molar-refractivity contribution in [3.8, 4) is 0 Å². The van der Waals surface area contributed by atoms with E-state index < -0.39 is 22.5 Å². The van der Waals surface area contributed by atoms with E-state index >= 15 is 0 Å². The second-order valence-corrected chi connectivity index (χ2v) is 6.28. The fraction of sp³-hybridized carbons (Fsp3) is 0.833. The van der Waals surface area contributed by atoms with Gasteiger partial charge in [0.25, 0.3) is 0 Å². The predicted octanol–water partition coefficient (Wildman–Crippen LogP) is 1.43. The number of ketones is 1. The molecule has 1 saturated carbocycles. The van der Waals surface area contributed by atoms with E-state index in [9.17, 15) is 18.0 Å². The largest absolute Gasteiger partial charge is 0.481 e. The Hall–Kier alpha value is -0.990. The van der Waals surface area contributed by atoms with Gasteiger partial charge in [-0.2, -0.15) is 8.42 Å². The minimum Gasteiger partial charge on any atom is -0.481 e. The zero-order valence-corrected chi connectivity index (χ0v) is 12.1. The van der Waals surface area contributed by atoms with Gasteiger partial charge >= 0.3 is 16.4 Å². The lowest BCUT2D eigenvalue weighted by atomic mass is 9.88. The summed E-state index contributed by atoms with van der Waals surface area (Å²) < 4.78 is 33.9. The molecule has 20 heavy (non-hydrogen) atoms. The number of hydrogen-bond donors (Lipinski definition) is 2. The summed E-state index contributed by atoms with van der Waals surface area (Å²) >= 11 is 0. The number of hydrogen-bond acceptors (Lipinski definition) is 5. The predicted molar refractivity (Wildman–Crippen MR) is 69.4 cm³/mol. The lowest BCUT2D eigenvalue weighted by Gasteiger charge is -2.17. The van der Waals surface area contributed by atoms with E-state index in [4.69, 9.17) is 9.66 Å². The number of rotatable bonds is 8. The SMILES string of the molecule is CC(CCC[C@H]1C(=O)CC[C@@H]1CC(=O)O)OS(=O)(=O)O. The normalized spacial score (nSPS) is 24.8. The molecule has 0 amide bonds. The van der Waals surface area contributed by atoms with Gasteiger partial charge in [-0.3, -0.25) is 14.1 Å². The van der Waals surface area contributed by atoms with Gasteiger partial charge in [0, 0.05) is 18.8 Å². The molecule has 116 valence electrons. The quantitative estimate of drug-likeness (QED) is 0.651. The van der Waals surface area contributed by atoms with E-state index in [0.717, 1.165) is 0 Å². The van der Waals surface area contributed by atoms with Crippen molar-refractivity contribution in [2.24, 2.45) is 11.8 Å². The number of carboxylic acid groups (broad SMARTS) is 1. The highest BCUT2D eigenvalue weighted by molar-refractivity contribution is 7.80. The van der Waals surface area contributed by atoms with Gasteiger partial charge in [-0.05, 0) is 32.1 Å². The van der Waals surface area contributed by atoms with Crippen LogP contribution in [-0.2, 0) is 24.2 Å². The molecule has 1 aliphatic rings. The van der Waals surface area contributed by atoms with Crippen LogP contribution < -0.4 is 0 Å². The third-order valence-electron chi connectivity index (χ3n) is 3.59. The Balaban J connectivity index is 2.39. The van der Waals surface area contributed by atoms with E-state index in [2.05, 4.69) is 4.18 Å². The fourth-order valence-corrected chi connectivity index (χ4v) is 3.23. The summed E-state index contributed by atoms with van der Waals surface area (Å²) in [6, 6.07) is 0. The molecule has 1 fully saturated rings. The van der Waals surface area contributed by atoms with Gasteiger partial charge in [-0.1, -0.05) is 6.42 Å². The van der Waals surface area contributed by atoms with E-state index in [1.165, 1.54) is 6.92 Å². The molecule has 8 heteroatoms. The molecule has 0 saturated heterocycles. The van der Waals surface area contributed by atoms with Gasteiger partial charge in [0.05, 0.1) is 6.10 Å². The molecule has 0 aliphatic heterocycles. The van der Waals surface area contributed by atoms with Crippen LogP contribution in [0.2, 0.25) is 0 Å². The van der Waals surface area contributed by atoms with Crippen molar-refractivity contribution in [1.29, 1.82) is 0 Å².